The van der Waals surface area contributed by atoms with Crippen LogP contribution < -0.4 is 4.57 Å². The number of hydrogen-bond acceptors (Lipinski definition) is 0. The van der Waals surface area contributed by atoms with Gasteiger partial charge in [-0.1, -0.05) is 88.4 Å². The van der Waals surface area contributed by atoms with Crippen LogP contribution in [0.5, 0.6) is 0 Å². The van der Waals surface area contributed by atoms with E-state index in [4.69, 9.17) is 0 Å². The lowest BCUT2D eigenvalue weighted by atomic mass is 10.0. The molecule has 2 nitrogen and oxygen atoms in total. The van der Waals surface area contributed by atoms with Crippen LogP contribution in [0.4, 0.5) is 0 Å². The van der Waals surface area contributed by atoms with Crippen LogP contribution >= 0.6 is 0 Å². The van der Waals surface area contributed by atoms with Gasteiger partial charge in [-0.05, 0) is 65.5 Å². The topological polar surface area (TPSA) is 8.81 Å². The highest BCUT2D eigenvalue weighted by molar-refractivity contribution is 6.13. The Morgan fingerprint density at radius 1 is 0.600 bits per heavy atom. The third-order valence-corrected chi connectivity index (χ3v) is 7.76. The summed E-state index contributed by atoms with van der Waals surface area (Å²) in [4.78, 5) is 0. The van der Waals surface area contributed by atoms with E-state index < -0.39 is 0 Å². The average molecular weight is 458 g/mol. The molecule has 0 atom stereocenters. The molecule has 0 radical (unpaired) electrons. The molecule has 1 aliphatic carbocycles. The predicted molar refractivity (Wildman–Crippen MR) is 147 cm³/mol. The van der Waals surface area contributed by atoms with Gasteiger partial charge < -0.3 is 0 Å². The fourth-order valence-electron chi connectivity index (χ4n) is 6.10. The number of fused-ring (bicyclic) bond motifs is 3. The molecule has 0 amide bonds. The number of para-hydroxylation sites is 2. The monoisotopic (exact) mass is 457 g/mol. The van der Waals surface area contributed by atoms with Gasteiger partial charge in [-0.15, -0.1) is 0 Å². The largest absolute Gasteiger partial charge is 0.255 e. The van der Waals surface area contributed by atoms with Crippen LogP contribution in [0.15, 0.2) is 79.1 Å². The molecule has 1 heterocycles. The number of aromatic nitrogens is 2. The molecule has 5 aromatic rings. The molecule has 0 saturated heterocycles. The van der Waals surface area contributed by atoms with Crippen molar-refractivity contribution in [2.45, 2.75) is 53.4 Å². The summed E-state index contributed by atoms with van der Waals surface area (Å²) >= 11 is 0. The number of rotatable bonds is 6. The van der Waals surface area contributed by atoms with Crippen LogP contribution in [0.1, 0.15) is 49.9 Å². The highest BCUT2D eigenvalue weighted by Gasteiger charge is 2.37. The van der Waals surface area contributed by atoms with Crippen molar-refractivity contribution < 1.29 is 4.57 Å². The zero-order valence-electron chi connectivity index (χ0n) is 21.2. The van der Waals surface area contributed by atoms with Crippen molar-refractivity contribution in [3.63, 3.8) is 0 Å². The highest BCUT2D eigenvalue weighted by atomic mass is 15.2. The second-order valence-electron chi connectivity index (χ2n) is 9.53. The van der Waals surface area contributed by atoms with Crippen LogP contribution in [-0.2, 0) is 25.7 Å². The molecule has 35 heavy (non-hydrogen) atoms. The van der Waals surface area contributed by atoms with Gasteiger partial charge in [0.05, 0.1) is 0 Å². The van der Waals surface area contributed by atoms with Crippen LogP contribution in [0.2, 0.25) is 0 Å². The number of nitrogens with zero attached hydrogens (tertiary/aromatic N) is 2. The molecule has 174 valence electrons. The lowest BCUT2D eigenvalue weighted by Gasteiger charge is -2.12. The molecule has 0 spiro atoms. The Balaban J connectivity index is 1.80. The molecule has 0 fully saturated rings. The maximum Gasteiger partial charge on any atom is 0.255 e. The molecule has 6 rings (SSSR count). The number of aryl methyl sites for hydroxylation is 4. The average Bonchev–Trinajstić information content (AvgIpc) is 3.45. The van der Waals surface area contributed by atoms with Crippen molar-refractivity contribution in [3.8, 4) is 33.9 Å². The minimum absolute atomic E-state index is 1.01. The number of imidazole rings is 1. The Kier molecular flexibility index (Phi) is 5.33. The van der Waals surface area contributed by atoms with Crippen LogP contribution in [0, 0.1) is 0 Å². The fraction of sp³-hybridized carbons (Fsp3) is 0.242. The molecule has 1 aliphatic rings. The zero-order valence-corrected chi connectivity index (χ0v) is 21.2. The van der Waals surface area contributed by atoms with Gasteiger partial charge in [-0.2, -0.15) is 9.13 Å². The molecule has 0 N–H and O–H groups in total. The van der Waals surface area contributed by atoms with E-state index in [-0.39, 0.29) is 0 Å². The molecule has 2 heteroatoms. The third-order valence-electron chi connectivity index (χ3n) is 7.76. The fourth-order valence-corrected chi connectivity index (χ4v) is 6.10. The van der Waals surface area contributed by atoms with E-state index >= 15 is 0 Å². The molecule has 0 saturated carbocycles. The van der Waals surface area contributed by atoms with Gasteiger partial charge in [0.15, 0.2) is 11.4 Å². The van der Waals surface area contributed by atoms with E-state index in [2.05, 4.69) is 116 Å². The standard InChI is InChI=1S/C33H33N2/c1-5-22-13-9-14-23(6-2)30(22)34-21-35(31-24(7-3)15-10-16-25(31)8-4)33-28-20-12-18-26-17-11-19-27(29(26)28)32(33)34/h9-21H,5-8H2,1-4H3/q+1. The second kappa shape index (κ2) is 8.53. The summed E-state index contributed by atoms with van der Waals surface area (Å²) in [6, 6.07) is 27.2. The maximum absolute atomic E-state index is 2.51. The quantitative estimate of drug-likeness (QED) is 0.226. The Hall–Kier alpha value is -3.65. The van der Waals surface area contributed by atoms with Gasteiger partial charge in [0.25, 0.3) is 6.33 Å². The number of benzene rings is 4. The first-order chi connectivity index (χ1) is 17.2. The Labute approximate surface area is 208 Å². The van der Waals surface area contributed by atoms with Crippen LogP contribution in [0.25, 0.3) is 44.7 Å². The lowest BCUT2D eigenvalue weighted by Crippen LogP contribution is -2.34. The zero-order chi connectivity index (χ0) is 24.1. The minimum atomic E-state index is 1.01. The van der Waals surface area contributed by atoms with Gasteiger partial charge >= 0.3 is 0 Å². The molecule has 4 aromatic carbocycles. The second-order valence-corrected chi connectivity index (χ2v) is 9.53. The van der Waals surface area contributed by atoms with Crippen molar-refractivity contribution in [2.24, 2.45) is 0 Å². The van der Waals surface area contributed by atoms with E-state index in [0.717, 1.165) is 25.7 Å². The third kappa shape index (κ3) is 3.13. The van der Waals surface area contributed by atoms with E-state index in [9.17, 15) is 0 Å². The first kappa shape index (κ1) is 21.9. The van der Waals surface area contributed by atoms with E-state index in [1.165, 1.54) is 66.9 Å². The summed E-state index contributed by atoms with van der Waals surface area (Å²) < 4.78 is 5.02. The summed E-state index contributed by atoms with van der Waals surface area (Å²) in [6.07, 6.45) is 6.43. The lowest BCUT2D eigenvalue weighted by molar-refractivity contribution is -0.584. The smallest absolute Gasteiger partial charge is 0.193 e. The van der Waals surface area contributed by atoms with Gasteiger partial charge in [0.1, 0.15) is 11.4 Å². The molecular weight excluding hydrogens is 424 g/mol. The molecule has 1 aromatic heterocycles. The normalized spacial score (nSPS) is 11.9. The van der Waals surface area contributed by atoms with Crippen molar-refractivity contribution >= 4 is 10.8 Å². The van der Waals surface area contributed by atoms with E-state index in [1.807, 2.05) is 0 Å². The van der Waals surface area contributed by atoms with Gasteiger partial charge in [-0.25, -0.2) is 0 Å². The number of hydrogen-bond donors (Lipinski definition) is 0. The summed E-state index contributed by atoms with van der Waals surface area (Å²) in [5, 5.41) is 2.69. The van der Waals surface area contributed by atoms with Crippen molar-refractivity contribution in [1.29, 1.82) is 0 Å². The van der Waals surface area contributed by atoms with Gasteiger partial charge in [0, 0.05) is 16.5 Å². The van der Waals surface area contributed by atoms with Crippen LogP contribution in [-0.4, -0.2) is 4.57 Å². The SMILES string of the molecule is CCc1cccc(CC)c1-n1c[n+](-c2c(CC)cccc2CC)c2c1-c1cccc3cccc-2c13. The molecule has 0 unspecified atom stereocenters. The van der Waals surface area contributed by atoms with Crippen molar-refractivity contribution in [1.82, 2.24) is 4.57 Å². The maximum atomic E-state index is 2.51. The summed E-state index contributed by atoms with van der Waals surface area (Å²) in [6.45, 7) is 9.08. The molecular formula is C33H33N2+. The molecule has 0 aliphatic heterocycles. The summed E-state index contributed by atoms with van der Waals surface area (Å²) in [7, 11) is 0. The summed E-state index contributed by atoms with van der Waals surface area (Å²) in [5.41, 5.74) is 13.6. The van der Waals surface area contributed by atoms with Crippen molar-refractivity contribution in [2.75, 3.05) is 0 Å². The molecule has 0 bridgehead atoms. The first-order valence-corrected chi connectivity index (χ1v) is 13.1. The minimum Gasteiger partial charge on any atom is -0.193 e. The van der Waals surface area contributed by atoms with Gasteiger partial charge in [-0.3, -0.25) is 0 Å². The van der Waals surface area contributed by atoms with E-state index in [1.54, 1.807) is 0 Å². The summed E-state index contributed by atoms with van der Waals surface area (Å²) in [5.74, 6) is 0. The Morgan fingerprint density at radius 3 is 1.69 bits per heavy atom. The Morgan fingerprint density at radius 2 is 1.11 bits per heavy atom. The van der Waals surface area contributed by atoms with Crippen LogP contribution in [0.3, 0.4) is 0 Å². The highest BCUT2D eigenvalue weighted by Crippen LogP contribution is 2.47. The van der Waals surface area contributed by atoms with Gasteiger partial charge in [0.2, 0.25) is 0 Å². The van der Waals surface area contributed by atoms with Crippen molar-refractivity contribution in [3.05, 3.63) is 101 Å². The van der Waals surface area contributed by atoms with E-state index in [0.29, 0.717) is 0 Å². The Bertz CT molecular complexity index is 1430. The predicted octanol–water partition coefficient (Wildman–Crippen LogP) is 7.80. The first-order valence-electron chi connectivity index (χ1n) is 13.1.